The van der Waals surface area contributed by atoms with Crippen molar-refractivity contribution in [1.29, 1.82) is 0 Å². The number of carbonyl (C=O) groups is 2. The Kier molecular flexibility index (Phi) is 20.8. The molecule has 0 aromatic carbocycles. The van der Waals surface area contributed by atoms with Crippen LogP contribution in [0.25, 0.3) is 0 Å². The van der Waals surface area contributed by atoms with E-state index in [9.17, 15) is 9.59 Å². The molecule has 0 heterocycles. The normalized spacial score (nSPS) is 13.9. The first-order valence-corrected chi connectivity index (χ1v) is 13.1. The minimum atomic E-state index is -0.363. The first-order chi connectivity index (χ1) is 16.4. The lowest BCUT2D eigenvalue weighted by Crippen LogP contribution is -2.43. The number of nitrogens with one attached hydrogen (secondary N) is 1. The smallest absolute Gasteiger partial charge is 0.220 e. The summed E-state index contributed by atoms with van der Waals surface area (Å²) in [6.45, 7) is 10.1. The lowest BCUT2D eigenvalue weighted by molar-refractivity contribution is -0.129. The van der Waals surface area contributed by atoms with Gasteiger partial charge in [0.15, 0.2) is 5.78 Å². The Labute approximate surface area is 209 Å². The minimum Gasteiger partial charge on any atom is -0.346 e. The number of ketones is 1. The topological polar surface area (TPSA) is 46.2 Å². The van der Waals surface area contributed by atoms with E-state index in [1.54, 1.807) is 0 Å². The van der Waals surface area contributed by atoms with Crippen LogP contribution in [0.3, 0.4) is 0 Å². The summed E-state index contributed by atoms with van der Waals surface area (Å²) in [6.07, 6.45) is 33.8. The molecule has 3 nitrogen and oxygen atoms in total. The van der Waals surface area contributed by atoms with Crippen LogP contribution < -0.4 is 5.32 Å². The van der Waals surface area contributed by atoms with E-state index in [0.717, 1.165) is 38.5 Å². The van der Waals surface area contributed by atoms with Gasteiger partial charge in [-0.15, -0.1) is 0 Å². The number of Topliss-reactive ketones (excluding diaryl/α,β-unsaturated/α-hetero) is 1. The van der Waals surface area contributed by atoms with Gasteiger partial charge < -0.3 is 5.32 Å². The van der Waals surface area contributed by atoms with Gasteiger partial charge >= 0.3 is 0 Å². The van der Waals surface area contributed by atoms with Crippen LogP contribution in [-0.4, -0.2) is 17.7 Å². The van der Waals surface area contributed by atoms with Crippen molar-refractivity contribution in [1.82, 2.24) is 5.32 Å². The van der Waals surface area contributed by atoms with Crippen LogP contribution in [0.5, 0.6) is 0 Å². The van der Waals surface area contributed by atoms with E-state index in [1.807, 2.05) is 19.9 Å². The molecule has 1 amide bonds. The summed E-state index contributed by atoms with van der Waals surface area (Å²) in [6, 6.07) is -0.363. The standard InChI is InChI=1S/C31H49NO2/c1-6-7-8-9-10-11-12-13-14-15-16-17-18-19-20-21-22-23-24-25-30(33)32-29(26-27(2)3)31(34)28(4)5/h7-8,10-11,13-14,16-17,19-20,22-23,27-29H,6,9,12,15,18,21,24-26H2,1-5H3,(H,32,33)/b8-7-,11-10-,14-13-,17-16-,20-19-,23-22-/t29-/m0/s1. The van der Waals surface area contributed by atoms with Gasteiger partial charge in [0.2, 0.25) is 5.91 Å². The number of hydrogen-bond acceptors (Lipinski definition) is 2. The van der Waals surface area contributed by atoms with Crippen molar-refractivity contribution in [2.45, 2.75) is 98.4 Å². The molecule has 0 rings (SSSR count). The number of rotatable bonds is 19. The molecular weight excluding hydrogens is 418 g/mol. The average Bonchev–Trinajstić information content (AvgIpc) is 2.79. The average molecular weight is 468 g/mol. The van der Waals surface area contributed by atoms with Gasteiger partial charge in [0.1, 0.15) is 0 Å². The summed E-state index contributed by atoms with van der Waals surface area (Å²) in [4.78, 5) is 24.5. The predicted molar refractivity (Wildman–Crippen MR) is 149 cm³/mol. The van der Waals surface area contributed by atoms with Crippen LogP contribution in [0.1, 0.15) is 92.4 Å². The van der Waals surface area contributed by atoms with Gasteiger partial charge in [0.05, 0.1) is 6.04 Å². The number of carbonyl (C=O) groups excluding carboxylic acids is 2. The summed E-state index contributed by atoms with van der Waals surface area (Å²) < 4.78 is 0. The maximum atomic E-state index is 12.3. The van der Waals surface area contributed by atoms with Gasteiger partial charge in [-0.2, -0.15) is 0 Å². The van der Waals surface area contributed by atoms with E-state index in [2.05, 4.69) is 92.9 Å². The Morgan fingerprint density at radius 1 is 0.647 bits per heavy atom. The third-order valence-corrected chi connectivity index (χ3v) is 5.09. The molecule has 34 heavy (non-hydrogen) atoms. The molecule has 0 unspecified atom stereocenters. The quantitative estimate of drug-likeness (QED) is 0.194. The molecule has 3 heteroatoms. The van der Waals surface area contributed by atoms with Crippen molar-refractivity contribution in [3.63, 3.8) is 0 Å². The minimum absolute atomic E-state index is 0.0424. The fourth-order valence-electron chi connectivity index (χ4n) is 3.24. The van der Waals surface area contributed by atoms with Crippen LogP contribution >= 0.6 is 0 Å². The molecule has 1 atom stereocenters. The van der Waals surface area contributed by atoms with E-state index >= 15 is 0 Å². The number of allylic oxidation sites excluding steroid dienone is 12. The van der Waals surface area contributed by atoms with E-state index in [1.165, 1.54) is 0 Å². The zero-order valence-electron chi connectivity index (χ0n) is 22.3. The highest BCUT2D eigenvalue weighted by Gasteiger charge is 2.23. The van der Waals surface area contributed by atoms with Gasteiger partial charge in [0, 0.05) is 12.3 Å². The van der Waals surface area contributed by atoms with E-state index in [0.29, 0.717) is 25.2 Å². The van der Waals surface area contributed by atoms with Crippen molar-refractivity contribution in [3.05, 3.63) is 72.9 Å². The lowest BCUT2D eigenvalue weighted by Gasteiger charge is -2.21. The highest BCUT2D eigenvalue weighted by molar-refractivity contribution is 5.90. The maximum absolute atomic E-state index is 12.3. The van der Waals surface area contributed by atoms with Crippen LogP contribution in [-0.2, 0) is 9.59 Å². The molecule has 0 aliphatic heterocycles. The molecule has 0 aliphatic carbocycles. The highest BCUT2D eigenvalue weighted by atomic mass is 16.2. The molecule has 0 saturated heterocycles. The zero-order chi connectivity index (χ0) is 25.4. The fourth-order valence-corrected chi connectivity index (χ4v) is 3.24. The van der Waals surface area contributed by atoms with E-state index in [-0.39, 0.29) is 23.7 Å². The van der Waals surface area contributed by atoms with Crippen molar-refractivity contribution in [3.8, 4) is 0 Å². The molecule has 0 radical (unpaired) electrons. The molecule has 0 aliphatic rings. The van der Waals surface area contributed by atoms with Crippen molar-refractivity contribution < 1.29 is 9.59 Å². The molecule has 0 bridgehead atoms. The third-order valence-electron chi connectivity index (χ3n) is 5.09. The first kappa shape index (κ1) is 31.6. The van der Waals surface area contributed by atoms with Crippen molar-refractivity contribution in [2.75, 3.05) is 0 Å². The van der Waals surface area contributed by atoms with Gasteiger partial charge in [-0.05, 0) is 57.3 Å². The Morgan fingerprint density at radius 3 is 1.44 bits per heavy atom. The zero-order valence-corrected chi connectivity index (χ0v) is 22.3. The monoisotopic (exact) mass is 467 g/mol. The van der Waals surface area contributed by atoms with E-state index < -0.39 is 0 Å². The Bertz CT molecular complexity index is 705. The number of hydrogen-bond donors (Lipinski definition) is 1. The molecule has 1 N–H and O–H groups in total. The van der Waals surface area contributed by atoms with Crippen LogP contribution in [0.15, 0.2) is 72.9 Å². The van der Waals surface area contributed by atoms with Crippen LogP contribution in [0.4, 0.5) is 0 Å². The first-order valence-electron chi connectivity index (χ1n) is 13.1. The van der Waals surface area contributed by atoms with Crippen LogP contribution in [0.2, 0.25) is 0 Å². The van der Waals surface area contributed by atoms with Gasteiger partial charge in [-0.1, -0.05) is 108 Å². The summed E-state index contributed by atoms with van der Waals surface area (Å²) >= 11 is 0. The molecule has 0 saturated carbocycles. The molecule has 190 valence electrons. The molecule has 0 aromatic rings. The Morgan fingerprint density at radius 2 is 1.06 bits per heavy atom. The van der Waals surface area contributed by atoms with Crippen molar-refractivity contribution in [2.24, 2.45) is 11.8 Å². The summed E-state index contributed by atoms with van der Waals surface area (Å²) in [5, 5.41) is 2.93. The largest absolute Gasteiger partial charge is 0.346 e. The van der Waals surface area contributed by atoms with Crippen molar-refractivity contribution >= 4 is 11.7 Å². The highest BCUT2D eigenvalue weighted by Crippen LogP contribution is 2.11. The fraction of sp³-hybridized carbons (Fsp3) is 0.548. The Hall–Kier alpha value is -2.42. The second-order valence-corrected chi connectivity index (χ2v) is 9.26. The second kappa shape index (κ2) is 22.4. The predicted octanol–water partition coefficient (Wildman–Crippen LogP) is 8.22. The molecular formula is C31H49NO2. The second-order valence-electron chi connectivity index (χ2n) is 9.26. The maximum Gasteiger partial charge on any atom is 0.220 e. The SMILES string of the molecule is CC/C=C\C/C=C\C/C=C\C/C=C\C/C=C\C/C=C\CCC(=O)N[C@@H](CC(C)C)C(=O)C(C)C. The molecule has 0 spiro atoms. The van der Waals surface area contributed by atoms with Gasteiger partial charge in [-0.3, -0.25) is 9.59 Å². The number of amides is 1. The summed E-state index contributed by atoms with van der Waals surface area (Å²) in [7, 11) is 0. The summed E-state index contributed by atoms with van der Waals surface area (Å²) in [5.74, 6) is 0.388. The summed E-state index contributed by atoms with van der Waals surface area (Å²) in [5.41, 5.74) is 0. The lowest BCUT2D eigenvalue weighted by atomic mass is 9.94. The molecule has 0 fully saturated rings. The van der Waals surface area contributed by atoms with Gasteiger partial charge in [0.25, 0.3) is 0 Å². The van der Waals surface area contributed by atoms with Crippen LogP contribution in [0, 0.1) is 11.8 Å². The molecule has 0 aromatic heterocycles. The Balaban J connectivity index is 3.93. The van der Waals surface area contributed by atoms with E-state index in [4.69, 9.17) is 0 Å². The third kappa shape index (κ3) is 20.2. The van der Waals surface area contributed by atoms with Gasteiger partial charge in [-0.25, -0.2) is 0 Å².